The van der Waals surface area contributed by atoms with Crippen molar-refractivity contribution in [3.8, 4) is 0 Å². The first-order chi connectivity index (χ1) is 10.1. The maximum Gasteiger partial charge on any atom is 0.0639 e. The van der Waals surface area contributed by atoms with E-state index in [1.807, 2.05) is 12.1 Å². The SMILES string of the molecule is CCCC(C)(CN)CN1CCN(c2ccccc2Cl)CC1. The van der Waals surface area contributed by atoms with Gasteiger partial charge in [0.15, 0.2) is 0 Å². The van der Waals surface area contributed by atoms with Crippen LogP contribution in [0.4, 0.5) is 5.69 Å². The summed E-state index contributed by atoms with van der Waals surface area (Å²) in [5, 5.41) is 0.851. The standard InChI is InChI=1S/C17H28ClN3/c1-3-8-17(2,13-19)14-20-9-11-21(12-10-20)16-7-5-4-6-15(16)18/h4-7H,3,8-14,19H2,1-2H3. The molecule has 2 rings (SSSR count). The Morgan fingerprint density at radius 1 is 1.19 bits per heavy atom. The van der Waals surface area contributed by atoms with E-state index in [1.165, 1.54) is 12.8 Å². The van der Waals surface area contributed by atoms with Gasteiger partial charge in [-0.1, -0.05) is 44.0 Å². The summed E-state index contributed by atoms with van der Waals surface area (Å²) < 4.78 is 0. The molecule has 0 radical (unpaired) electrons. The average Bonchev–Trinajstić information content (AvgIpc) is 2.49. The third-order valence-electron chi connectivity index (χ3n) is 4.52. The minimum Gasteiger partial charge on any atom is -0.368 e. The Morgan fingerprint density at radius 2 is 1.86 bits per heavy atom. The van der Waals surface area contributed by atoms with Crippen molar-refractivity contribution in [2.45, 2.75) is 26.7 Å². The molecule has 1 saturated heterocycles. The molecule has 1 atom stereocenters. The molecule has 0 aromatic heterocycles. The van der Waals surface area contributed by atoms with Crippen molar-refractivity contribution in [3.63, 3.8) is 0 Å². The number of para-hydroxylation sites is 1. The molecule has 1 fully saturated rings. The number of benzene rings is 1. The Kier molecular flexibility index (Phi) is 5.91. The van der Waals surface area contributed by atoms with Gasteiger partial charge in [-0.05, 0) is 30.5 Å². The lowest BCUT2D eigenvalue weighted by atomic mass is 9.85. The minimum absolute atomic E-state index is 0.251. The molecule has 1 aliphatic rings. The van der Waals surface area contributed by atoms with Gasteiger partial charge in [0.05, 0.1) is 10.7 Å². The van der Waals surface area contributed by atoms with Gasteiger partial charge in [0, 0.05) is 32.7 Å². The van der Waals surface area contributed by atoms with Crippen LogP contribution in [0.1, 0.15) is 26.7 Å². The van der Waals surface area contributed by atoms with Crippen molar-refractivity contribution < 1.29 is 0 Å². The first kappa shape index (κ1) is 16.6. The van der Waals surface area contributed by atoms with E-state index in [0.29, 0.717) is 0 Å². The Bertz CT molecular complexity index is 443. The molecule has 118 valence electrons. The number of piperazine rings is 1. The van der Waals surface area contributed by atoms with Crippen LogP contribution in [0.2, 0.25) is 5.02 Å². The first-order valence-electron chi connectivity index (χ1n) is 8.00. The van der Waals surface area contributed by atoms with Crippen LogP contribution in [0.5, 0.6) is 0 Å². The van der Waals surface area contributed by atoms with Crippen LogP contribution in [-0.2, 0) is 0 Å². The number of nitrogens with two attached hydrogens (primary N) is 1. The van der Waals surface area contributed by atoms with E-state index in [-0.39, 0.29) is 5.41 Å². The zero-order valence-electron chi connectivity index (χ0n) is 13.3. The predicted octanol–water partition coefficient (Wildman–Crippen LogP) is 3.23. The first-order valence-corrected chi connectivity index (χ1v) is 8.38. The molecule has 0 spiro atoms. The largest absolute Gasteiger partial charge is 0.368 e. The summed E-state index contributed by atoms with van der Waals surface area (Å²) >= 11 is 6.29. The van der Waals surface area contributed by atoms with Gasteiger partial charge in [-0.2, -0.15) is 0 Å². The van der Waals surface area contributed by atoms with Gasteiger partial charge in [0.25, 0.3) is 0 Å². The van der Waals surface area contributed by atoms with Crippen LogP contribution in [-0.4, -0.2) is 44.2 Å². The van der Waals surface area contributed by atoms with Crippen molar-refractivity contribution in [2.75, 3.05) is 44.2 Å². The lowest BCUT2D eigenvalue weighted by Gasteiger charge is -2.41. The van der Waals surface area contributed by atoms with Crippen molar-refractivity contribution in [3.05, 3.63) is 29.3 Å². The number of halogens is 1. The van der Waals surface area contributed by atoms with Crippen LogP contribution in [0, 0.1) is 5.41 Å². The number of nitrogens with zero attached hydrogens (tertiary/aromatic N) is 2. The summed E-state index contributed by atoms with van der Waals surface area (Å²) in [6.45, 7) is 10.7. The molecule has 1 aromatic rings. The van der Waals surface area contributed by atoms with Gasteiger partial charge in [-0.15, -0.1) is 0 Å². The van der Waals surface area contributed by atoms with Crippen molar-refractivity contribution in [2.24, 2.45) is 11.1 Å². The Hall–Kier alpha value is -0.770. The van der Waals surface area contributed by atoms with E-state index in [0.717, 1.165) is 50.0 Å². The van der Waals surface area contributed by atoms with Gasteiger partial charge in [-0.25, -0.2) is 0 Å². The van der Waals surface area contributed by atoms with Crippen LogP contribution in [0.3, 0.4) is 0 Å². The van der Waals surface area contributed by atoms with Crippen molar-refractivity contribution in [1.29, 1.82) is 0 Å². The zero-order valence-corrected chi connectivity index (χ0v) is 14.1. The smallest absolute Gasteiger partial charge is 0.0639 e. The van der Waals surface area contributed by atoms with Gasteiger partial charge in [-0.3, -0.25) is 4.90 Å². The number of hydrogen-bond acceptors (Lipinski definition) is 3. The Labute approximate surface area is 134 Å². The van der Waals surface area contributed by atoms with E-state index >= 15 is 0 Å². The zero-order chi connectivity index (χ0) is 15.3. The van der Waals surface area contributed by atoms with Gasteiger partial charge in [0.1, 0.15) is 0 Å². The highest BCUT2D eigenvalue weighted by atomic mass is 35.5. The van der Waals surface area contributed by atoms with Crippen LogP contribution < -0.4 is 10.6 Å². The lowest BCUT2D eigenvalue weighted by molar-refractivity contribution is 0.152. The number of rotatable bonds is 6. The molecule has 0 amide bonds. The van der Waals surface area contributed by atoms with Crippen LogP contribution in [0.25, 0.3) is 0 Å². The van der Waals surface area contributed by atoms with Gasteiger partial charge in [0.2, 0.25) is 0 Å². The summed E-state index contributed by atoms with van der Waals surface area (Å²) in [5.74, 6) is 0. The highest BCUT2D eigenvalue weighted by Gasteiger charge is 2.27. The van der Waals surface area contributed by atoms with E-state index in [1.54, 1.807) is 0 Å². The van der Waals surface area contributed by atoms with Crippen molar-refractivity contribution >= 4 is 17.3 Å². The molecular formula is C17H28ClN3. The fraction of sp³-hybridized carbons (Fsp3) is 0.647. The van der Waals surface area contributed by atoms with Gasteiger partial charge >= 0.3 is 0 Å². The Morgan fingerprint density at radius 3 is 2.43 bits per heavy atom. The molecule has 0 bridgehead atoms. The molecule has 3 nitrogen and oxygen atoms in total. The van der Waals surface area contributed by atoms with Crippen LogP contribution in [0.15, 0.2) is 24.3 Å². The lowest BCUT2D eigenvalue weighted by Crippen LogP contribution is -2.50. The summed E-state index contributed by atoms with van der Waals surface area (Å²) in [7, 11) is 0. The molecule has 1 aromatic carbocycles. The summed E-state index contributed by atoms with van der Waals surface area (Å²) in [6.07, 6.45) is 2.40. The summed E-state index contributed by atoms with van der Waals surface area (Å²) in [5.41, 5.74) is 7.41. The normalized spacial score (nSPS) is 19.5. The number of hydrogen-bond donors (Lipinski definition) is 1. The fourth-order valence-corrected chi connectivity index (χ4v) is 3.50. The highest BCUT2D eigenvalue weighted by molar-refractivity contribution is 6.33. The van der Waals surface area contributed by atoms with E-state index < -0.39 is 0 Å². The fourth-order valence-electron chi connectivity index (χ4n) is 3.24. The Balaban J connectivity index is 1.90. The van der Waals surface area contributed by atoms with Crippen LogP contribution >= 0.6 is 11.6 Å². The summed E-state index contributed by atoms with van der Waals surface area (Å²) in [4.78, 5) is 4.94. The second-order valence-electron chi connectivity index (χ2n) is 6.48. The third kappa shape index (κ3) is 4.35. The molecule has 4 heteroatoms. The monoisotopic (exact) mass is 309 g/mol. The van der Waals surface area contributed by atoms with E-state index in [2.05, 4.69) is 35.8 Å². The quantitative estimate of drug-likeness (QED) is 0.875. The molecule has 0 aliphatic carbocycles. The molecule has 21 heavy (non-hydrogen) atoms. The maximum atomic E-state index is 6.29. The molecule has 1 heterocycles. The molecule has 1 aliphatic heterocycles. The highest BCUT2D eigenvalue weighted by Crippen LogP contribution is 2.28. The molecule has 1 unspecified atom stereocenters. The molecular weight excluding hydrogens is 282 g/mol. The van der Waals surface area contributed by atoms with E-state index in [4.69, 9.17) is 17.3 Å². The van der Waals surface area contributed by atoms with E-state index in [9.17, 15) is 0 Å². The third-order valence-corrected chi connectivity index (χ3v) is 4.84. The predicted molar refractivity (Wildman–Crippen MR) is 92.2 cm³/mol. The second-order valence-corrected chi connectivity index (χ2v) is 6.89. The topological polar surface area (TPSA) is 32.5 Å². The van der Waals surface area contributed by atoms with Gasteiger partial charge < -0.3 is 10.6 Å². The average molecular weight is 310 g/mol. The second kappa shape index (κ2) is 7.48. The molecule has 2 N–H and O–H groups in total. The molecule has 0 saturated carbocycles. The minimum atomic E-state index is 0.251. The van der Waals surface area contributed by atoms with Crippen molar-refractivity contribution in [1.82, 2.24) is 4.90 Å². The summed E-state index contributed by atoms with van der Waals surface area (Å²) in [6, 6.07) is 8.12. The number of anilines is 1. The maximum absolute atomic E-state index is 6.29.